The maximum absolute atomic E-state index is 12.4. The Morgan fingerprint density at radius 1 is 0.774 bits per heavy atom. The van der Waals surface area contributed by atoms with Crippen molar-refractivity contribution in [1.29, 1.82) is 0 Å². The van der Waals surface area contributed by atoms with Gasteiger partial charge < -0.3 is 26.8 Å². The van der Waals surface area contributed by atoms with Gasteiger partial charge in [-0.25, -0.2) is 0 Å². The van der Waals surface area contributed by atoms with Gasteiger partial charge in [0.15, 0.2) is 0 Å². The number of amides is 1. The molecule has 2 aliphatic rings. The number of fused-ring (bicyclic) bond motifs is 2. The first-order chi connectivity index (χ1) is 14.5. The molecule has 2 bridgehead atoms. The van der Waals surface area contributed by atoms with E-state index in [2.05, 4.69) is 26.3 Å². The lowest BCUT2D eigenvalue weighted by molar-refractivity contribution is -0.890. The Labute approximate surface area is 204 Å². The quantitative estimate of drug-likeness (QED) is 0.225. The fourth-order valence-corrected chi connectivity index (χ4v) is 5.91. The van der Waals surface area contributed by atoms with E-state index in [0.29, 0.717) is 17.7 Å². The second-order valence-corrected chi connectivity index (χ2v) is 11.2. The number of hydrogen-bond donors (Lipinski definition) is 1. The van der Waals surface area contributed by atoms with Crippen molar-refractivity contribution < 1.29 is 26.3 Å². The van der Waals surface area contributed by atoms with Gasteiger partial charge in [-0.3, -0.25) is 4.79 Å². The van der Waals surface area contributed by atoms with Crippen LogP contribution < -0.4 is 22.3 Å². The Balaban J connectivity index is 0.00000480. The summed E-state index contributed by atoms with van der Waals surface area (Å²) in [6.07, 6.45) is 23.3. The van der Waals surface area contributed by atoms with Gasteiger partial charge >= 0.3 is 0 Å². The summed E-state index contributed by atoms with van der Waals surface area (Å²) in [7, 11) is 4.71. The molecular formula is C27H53BrN2O. The third kappa shape index (κ3) is 12.1. The molecule has 0 saturated heterocycles. The van der Waals surface area contributed by atoms with Gasteiger partial charge in [-0.05, 0) is 43.9 Å². The summed E-state index contributed by atoms with van der Waals surface area (Å²) >= 11 is 0. The maximum atomic E-state index is 12.4. The van der Waals surface area contributed by atoms with Crippen molar-refractivity contribution >= 4 is 5.91 Å². The van der Waals surface area contributed by atoms with E-state index in [1.165, 1.54) is 109 Å². The van der Waals surface area contributed by atoms with Gasteiger partial charge in [0.1, 0.15) is 0 Å². The lowest BCUT2D eigenvalue weighted by Gasteiger charge is -2.30. The smallest absolute Gasteiger partial charge is 0.223 e. The van der Waals surface area contributed by atoms with Crippen LogP contribution in [0.2, 0.25) is 0 Å². The molecule has 3 nitrogen and oxygen atoms in total. The summed E-state index contributed by atoms with van der Waals surface area (Å²) < 4.78 is 1.10. The number of rotatable bonds is 18. The summed E-state index contributed by atoms with van der Waals surface area (Å²) in [6, 6.07) is 0. The van der Waals surface area contributed by atoms with Crippen molar-refractivity contribution in [3.8, 4) is 0 Å². The number of unbranched alkanes of at least 4 members (excludes halogenated alkanes) is 11. The monoisotopic (exact) mass is 500 g/mol. The van der Waals surface area contributed by atoms with Crippen molar-refractivity contribution in [3.63, 3.8) is 0 Å². The van der Waals surface area contributed by atoms with Crippen LogP contribution in [-0.2, 0) is 4.79 Å². The molecule has 1 N–H and O–H groups in total. The van der Waals surface area contributed by atoms with Crippen molar-refractivity contribution in [3.05, 3.63) is 0 Å². The van der Waals surface area contributed by atoms with Crippen LogP contribution in [0.1, 0.15) is 116 Å². The van der Waals surface area contributed by atoms with E-state index in [1.807, 2.05) is 0 Å². The third-order valence-electron chi connectivity index (χ3n) is 7.93. The number of quaternary nitrogens is 1. The van der Waals surface area contributed by atoms with Crippen LogP contribution in [0.4, 0.5) is 0 Å². The molecule has 3 atom stereocenters. The second-order valence-electron chi connectivity index (χ2n) is 11.2. The van der Waals surface area contributed by atoms with E-state index in [1.54, 1.807) is 0 Å². The van der Waals surface area contributed by atoms with Gasteiger partial charge in [0.2, 0.25) is 5.91 Å². The molecular weight excluding hydrogens is 448 g/mol. The van der Waals surface area contributed by atoms with E-state index in [4.69, 9.17) is 0 Å². The normalized spacial score (nSPS) is 22.5. The average molecular weight is 502 g/mol. The average Bonchev–Trinajstić information content (AvgIpc) is 3.35. The Kier molecular flexibility index (Phi) is 15.4. The largest absolute Gasteiger partial charge is 1.00 e. The molecule has 2 saturated carbocycles. The molecule has 184 valence electrons. The van der Waals surface area contributed by atoms with Gasteiger partial charge in [-0.15, -0.1) is 0 Å². The van der Waals surface area contributed by atoms with E-state index in [9.17, 15) is 4.79 Å². The highest BCUT2D eigenvalue weighted by atomic mass is 79.9. The molecule has 1 amide bonds. The fourth-order valence-electron chi connectivity index (χ4n) is 5.91. The van der Waals surface area contributed by atoms with Crippen molar-refractivity contribution in [1.82, 2.24) is 5.32 Å². The summed E-state index contributed by atoms with van der Waals surface area (Å²) in [4.78, 5) is 12.4. The second kappa shape index (κ2) is 16.5. The van der Waals surface area contributed by atoms with Crippen LogP contribution in [0.3, 0.4) is 0 Å². The topological polar surface area (TPSA) is 29.1 Å². The Bertz CT molecular complexity index is 468. The number of carbonyl (C=O) groups is 1. The highest BCUT2D eigenvalue weighted by Gasteiger charge is 2.42. The van der Waals surface area contributed by atoms with Gasteiger partial charge in [0.05, 0.1) is 27.2 Å². The van der Waals surface area contributed by atoms with Crippen molar-refractivity contribution in [2.24, 2.45) is 17.8 Å². The highest BCUT2D eigenvalue weighted by Crippen LogP contribution is 2.48. The van der Waals surface area contributed by atoms with Crippen LogP contribution in [-0.4, -0.2) is 44.1 Å². The van der Waals surface area contributed by atoms with E-state index in [0.717, 1.165) is 29.8 Å². The fraction of sp³-hybridized carbons (Fsp3) is 0.963. The van der Waals surface area contributed by atoms with Crippen LogP contribution >= 0.6 is 0 Å². The number of carbonyl (C=O) groups excluding carboxylic acids is 1. The Hall–Kier alpha value is -0.0900. The summed E-state index contributed by atoms with van der Waals surface area (Å²) in [6.45, 7) is 5.61. The van der Waals surface area contributed by atoms with Crippen LogP contribution in [0.15, 0.2) is 0 Å². The zero-order valence-corrected chi connectivity index (χ0v) is 22.7. The number of hydrogen-bond acceptors (Lipinski definition) is 1. The Morgan fingerprint density at radius 3 is 1.84 bits per heavy atom. The SMILES string of the molecule is CCCCCCCCCCCCCC[N+](C)(C)CCCNC(=O)C1CC2CCC1C2.[Br-]. The van der Waals surface area contributed by atoms with Crippen LogP contribution in [0, 0.1) is 17.8 Å². The third-order valence-corrected chi connectivity index (χ3v) is 7.93. The van der Waals surface area contributed by atoms with Crippen LogP contribution in [0.25, 0.3) is 0 Å². The van der Waals surface area contributed by atoms with Crippen molar-refractivity contribution in [2.45, 2.75) is 116 Å². The van der Waals surface area contributed by atoms with Gasteiger partial charge in [0.25, 0.3) is 0 Å². The molecule has 0 radical (unpaired) electrons. The first kappa shape index (κ1) is 28.9. The first-order valence-corrected chi connectivity index (χ1v) is 13.6. The molecule has 3 unspecified atom stereocenters. The van der Waals surface area contributed by atoms with Gasteiger partial charge in [0, 0.05) is 18.9 Å². The number of halogens is 1. The predicted molar refractivity (Wildman–Crippen MR) is 129 cm³/mol. The highest BCUT2D eigenvalue weighted by molar-refractivity contribution is 5.79. The molecule has 31 heavy (non-hydrogen) atoms. The zero-order valence-electron chi connectivity index (χ0n) is 21.1. The molecule has 0 heterocycles. The summed E-state index contributed by atoms with van der Waals surface area (Å²) in [5.41, 5.74) is 0. The molecule has 4 heteroatoms. The Morgan fingerprint density at radius 2 is 1.32 bits per heavy atom. The molecule has 0 spiro atoms. The predicted octanol–water partition coefficient (Wildman–Crippen LogP) is 3.71. The molecule has 0 aromatic heterocycles. The lowest BCUT2D eigenvalue weighted by atomic mass is 9.88. The molecule has 0 aliphatic heterocycles. The van der Waals surface area contributed by atoms with Gasteiger partial charge in [-0.1, -0.05) is 77.6 Å². The molecule has 0 aromatic carbocycles. The molecule has 0 aromatic rings. The molecule has 2 aliphatic carbocycles. The minimum absolute atomic E-state index is 0. The molecule has 2 fully saturated rings. The standard InChI is InChI=1S/C27H52N2O.BrH/c1-4-5-6-7-8-9-10-11-12-13-14-15-20-29(2,3)21-16-19-28-27(30)26-23-24-17-18-25(26)22-24;/h24-26H,4-23H2,1-3H3;1H. The minimum atomic E-state index is 0. The summed E-state index contributed by atoms with van der Waals surface area (Å²) in [5.74, 6) is 2.26. The van der Waals surface area contributed by atoms with E-state index < -0.39 is 0 Å². The van der Waals surface area contributed by atoms with Crippen LogP contribution in [0.5, 0.6) is 0 Å². The number of nitrogens with zero attached hydrogens (tertiary/aromatic N) is 1. The minimum Gasteiger partial charge on any atom is -1.00 e. The first-order valence-electron chi connectivity index (χ1n) is 13.6. The molecule has 2 rings (SSSR count). The van der Waals surface area contributed by atoms with E-state index in [-0.39, 0.29) is 17.0 Å². The van der Waals surface area contributed by atoms with E-state index >= 15 is 0 Å². The van der Waals surface area contributed by atoms with Crippen molar-refractivity contribution in [2.75, 3.05) is 33.7 Å². The zero-order chi connectivity index (χ0) is 21.7. The summed E-state index contributed by atoms with van der Waals surface area (Å²) in [5, 5.41) is 3.25. The maximum Gasteiger partial charge on any atom is 0.223 e. The number of nitrogens with one attached hydrogen (secondary N) is 1. The van der Waals surface area contributed by atoms with Gasteiger partial charge in [-0.2, -0.15) is 0 Å². The lowest BCUT2D eigenvalue weighted by Crippen LogP contribution is -3.00.